The summed E-state index contributed by atoms with van der Waals surface area (Å²) in [6.45, 7) is 7.59. The van der Waals surface area contributed by atoms with E-state index in [-0.39, 0.29) is 11.9 Å². The monoisotopic (exact) mass is 279 g/mol. The van der Waals surface area contributed by atoms with E-state index in [2.05, 4.69) is 16.9 Å². The number of halogens is 1. The van der Waals surface area contributed by atoms with E-state index in [9.17, 15) is 4.79 Å². The lowest BCUT2D eigenvalue weighted by Crippen LogP contribution is -2.39. The number of guanidine groups is 1. The van der Waals surface area contributed by atoms with E-state index in [1.165, 1.54) is 0 Å². The molecule has 0 saturated heterocycles. The molecule has 1 aromatic carbocycles. The van der Waals surface area contributed by atoms with Crippen LogP contribution in [0.3, 0.4) is 0 Å². The summed E-state index contributed by atoms with van der Waals surface area (Å²) in [6.07, 6.45) is 1.60. The molecule has 5 heteroatoms. The second-order valence-corrected chi connectivity index (χ2v) is 4.60. The van der Waals surface area contributed by atoms with Gasteiger partial charge in [0.1, 0.15) is 0 Å². The smallest absolute Gasteiger partial charge is 0.233 e. The molecule has 0 aliphatic rings. The lowest BCUT2D eigenvalue weighted by molar-refractivity contribution is -0.120. The van der Waals surface area contributed by atoms with E-state index in [0.29, 0.717) is 11.6 Å². The molecule has 0 heterocycles. The predicted octanol–water partition coefficient (Wildman–Crippen LogP) is 2.37. The number of nitrogens with one attached hydrogen (secondary N) is 1. The molecular formula is C14H18ClN3O. The Bertz CT molecular complexity index is 491. The molecule has 0 aliphatic heterocycles. The van der Waals surface area contributed by atoms with Gasteiger partial charge in [-0.15, -0.1) is 6.58 Å². The Morgan fingerprint density at radius 1 is 1.63 bits per heavy atom. The molecule has 3 N–H and O–H groups in total. The van der Waals surface area contributed by atoms with Crippen LogP contribution in [0.25, 0.3) is 0 Å². The van der Waals surface area contributed by atoms with Gasteiger partial charge in [-0.25, -0.2) is 4.99 Å². The van der Waals surface area contributed by atoms with Crippen molar-refractivity contribution in [2.75, 3.05) is 6.54 Å². The van der Waals surface area contributed by atoms with Gasteiger partial charge in [0.15, 0.2) is 5.96 Å². The minimum absolute atomic E-state index is 0.0847. The van der Waals surface area contributed by atoms with Crippen molar-refractivity contribution >= 4 is 23.5 Å². The average Bonchev–Trinajstić information content (AvgIpc) is 2.35. The molecule has 1 unspecified atom stereocenters. The second-order valence-electron chi connectivity index (χ2n) is 4.20. The Morgan fingerprint density at radius 3 is 2.89 bits per heavy atom. The number of carbonyl (C=O) groups is 1. The number of aliphatic imine (C=N–C) groups is 1. The van der Waals surface area contributed by atoms with Crippen LogP contribution in [0.15, 0.2) is 35.8 Å². The number of hydrogen-bond acceptors (Lipinski definition) is 2. The number of hydrogen-bond donors (Lipinski definition) is 2. The summed E-state index contributed by atoms with van der Waals surface area (Å²) in [7, 11) is 0. The maximum absolute atomic E-state index is 12.1. The maximum atomic E-state index is 12.1. The highest BCUT2D eigenvalue weighted by molar-refractivity contribution is 6.31. The molecule has 4 nitrogen and oxygen atoms in total. The first-order chi connectivity index (χ1) is 8.97. The van der Waals surface area contributed by atoms with Crippen molar-refractivity contribution < 1.29 is 4.79 Å². The number of benzene rings is 1. The Hall–Kier alpha value is -1.81. The van der Waals surface area contributed by atoms with Crippen molar-refractivity contribution in [2.24, 2.45) is 10.7 Å². The van der Waals surface area contributed by atoms with Crippen LogP contribution in [0.5, 0.6) is 0 Å². The van der Waals surface area contributed by atoms with Crippen LogP contribution in [0.1, 0.15) is 24.0 Å². The maximum Gasteiger partial charge on any atom is 0.233 e. The highest BCUT2D eigenvalue weighted by Crippen LogP contribution is 2.27. The number of carbonyl (C=O) groups excluding carboxylic acids is 1. The van der Waals surface area contributed by atoms with E-state index in [1.807, 2.05) is 19.1 Å². The van der Waals surface area contributed by atoms with Gasteiger partial charge in [-0.3, -0.25) is 10.1 Å². The van der Waals surface area contributed by atoms with E-state index in [0.717, 1.165) is 11.1 Å². The normalized spacial score (nSPS) is 12.9. The number of nitrogens with two attached hydrogens (primary N) is 1. The third-order valence-electron chi connectivity index (χ3n) is 2.74. The van der Waals surface area contributed by atoms with Crippen molar-refractivity contribution in [3.63, 3.8) is 0 Å². The van der Waals surface area contributed by atoms with Crippen LogP contribution in [0.4, 0.5) is 0 Å². The van der Waals surface area contributed by atoms with Gasteiger partial charge in [-0.1, -0.05) is 29.8 Å². The number of nitrogens with zero attached hydrogens (tertiary/aromatic N) is 1. The SMILES string of the molecule is C=CCN=C(N)NC(=O)C(C)c1c(C)cccc1Cl. The summed E-state index contributed by atoms with van der Waals surface area (Å²) in [5.74, 6) is -0.547. The van der Waals surface area contributed by atoms with Crippen LogP contribution in [0, 0.1) is 6.92 Å². The van der Waals surface area contributed by atoms with Crippen LogP contribution in [0.2, 0.25) is 5.02 Å². The Balaban J connectivity index is 2.86. The zero-order valence-electron chi connectivity index (χ0n) is 11.1. The van der Waals surface area contributed by atoms with E-state index in [1.54, 1.807) is 19.1 Å². The molecule has 0 fully saturated rings. The van der Waals surface area contributed by atoms with E-state index < -0.39 is 5.92 Å². The minimum Gasteiger partial charge on any atom is -0.370 e. The Morgan fingerprint density at radius 2 is 2.32 bits per heavy atom. The lowest BCUT2D eigenvalue weighted by atomic mass is 9.95. The fraction of sp³-hybridized carbons (Fsp3) is 0.286. The summed E-state index contributed by atoms with van der Waals surface area (Å²) < 4.78 is 0. The van der Waals surface area contributed by atoms with Crippen LogP contribution in [-0.4, -0.2) is 18.4 Å². The standard InChI is InChI=1S/C14H18ClN3O/c1-4-8-17-14(16)18-13(19)10(3)12-9(2)6-5-7-11(12)15/h4-7,10H,1,8H2,2-3H3,(H3,16,17,18,19). The van der Waals surface area contributed by atoms with Crippen LogP contribution >= 0.6 is 11.6 Å². The molecule has 102 valence electrons. The molecule has 0 bridgehead atoms. The van der Waals surface area contributed by atoms with Gasteiger partial charge in [-0.05, 0) is 31.0 Å². The highest BCUT2D eigenvalue weighted by Gasteiger charge is 2.20. The molecule has 0 spiro atoms. The molecule has 1 atom stereocenters. The first kappa shape index (κ1) is 15.2. The molecule has 0 radical (unpaired) electrons. The fourth-order valence-corrected chi connectivity index (χ4v) is 2.15. The quantitative estimate of drug-likeness (QED) is 0.505. The molecular weight excluding hydrogens is 262 g/mol. The van der Waals surface area contributed by atoms with Crippen molar-refractivity contribution in [2.45, 2.75) is 19.8 Å². The van der Waals surface area contributed by atoms with E-state index in [4.69, 9.17) is 17.3 Å². The van der Waals surface area contributed by atoms with Crippen molar-refractivity contribution in [3.05, 3.63) is 47.0 Å². The first-order valence-electron chi connectivity index (χ1n) is 5.94. The zero-order valence-corrected chi connectivity index (χ0v) is 11.9. The number of aryl methyl sites for hydroxylation is 1. The zero-order chi connectivity index (χ0) is 14.4. The van der Waals surface area contributed by atoms with Gasteiger partial charge in [0.05, 0.1) is 12.5 Å². The lowest BCUT2D eigenvalue weighted by Gasteiger charge is -2.16. The molecule has 0 saturated carbocycles. The highest BCUT2D eigenvalue weighted by atomic mass is 35.5. The van der Waals surface area contributed by atoms with Gasteiger partial charge in [0.2, 0.25) is 5.91 Å². The average molecular weight is 280 g/mol. The molecule has 19 heavy (non-hydrogen) atoms. The van der Waals surface area contributed by atoms with Gasteiger partial charge in [-0.2, -0.15) is 0 Å². The van der Waals surface area contributed by atoms with E-state index >= 15 is 0 Å². The third-order valence-corrected chi connectivity index (χ3v) is 3.07. The van der Waals surface area contributed by atoms with Crippen molar-refractivity contribution in [1.29, 1.82) is 0 Å². The molecule has 1 amide bonds. The van der Waals surface area contributed by atoms with Gasteiger partial charge >= 0.3 is 0 Å². The number of rotatable bonds is 4. The molecule has 1 rings (SSSR count). The number of amides is 1. The molecule has 0 aliphatic carbocycles. The molecule has 1 aromatic rings. The summed E-state index contributed by atoms with van der Waals surface area (Å²) in [6, 6.07) is 5.54. The van der Waals surface area contributed by atoms with Crippen molar-refractivity contribution in [1.82, 2.24) is 5.32 Å². The predicted molar refractivity (Wildman–Crippen MR) is 79.4 cm³/mol. The molecule has 0 aromatic heterocycles. The summed E-state index contributed by atoms with van der Waals surface area (Å²) >= 11 is 6.13. The minimum atomic E-state index is -0.397. The van der Waals surface area contributed by atoms with Crippen LogP contribution in [-0.2, 0) is 4.79 Å². The Kier molecular flexibility index (Phi) is 5.57. The third kappa shape index (κ3) is 4.10. The summed E-state index contributed by atoms with van der Waals surface area (Å²) in [5, 5.41) is 3.12. The second kappa shape index (κ2) is 6.95. The fourth-order valence-electron chi connectivity index (χ4n) is 1.76. The largest absolute Gasteiger partial charge is 0.370 e. The summed E-state index contributed by atoms with van der Waals surface area (Å²) in [5.41, 5.74) is 7.36. The van der Waals surface area contributed by atoms with Crippen molar-refractivity contribution in [3.8, 4) is 0 Å². The first-order valence-corrected chi connectivity index (χ1v) is 6.31. The van der Waals surface area contributed by atoms with Gasteiger partial charge in [0.25, 0.3) is 0 Å². The van der Waals surface area contributed by atoms with Gasteiger partial charge in [0, 0.05) is 5.02 Å². The topological polar surface area (TPSA) is 67.5 Å². The van der Waals surface area contributed by atoms with Gasteiger partial charge < -0.3 is 5.73 Å². The van der Waals surface area contributed by atoms with Crippen LogP contribution < -0.4 is 11.1 Å². The Labute approximate surface area is 118 Å². The summed E-state index contributed by atoms with van der Waals surface area (Å²) in [4.78, 5) is 16.0.